The molecule has 0 fully saturated rings. The second-order valence-electron chi connectivity index (χ2n) is 4.02. The Balaban J connectivity index is 2.14. The molecule has 1 nitrogen and oxygen atoms in total. The van der Waals surface area contributed by atoms with Gasteiger partial charge in [0.05, 0.1) is 6.04 Å². The van der Waals surface area contributed by atoms with E-state index in [0.29, 0.717) is 6.04 Å². The molecule has 0 saturated carbocycles. The van der Waals surface area contributed by atoms with Crippen LogP contribution in [0, 0.1) is 0 Å². The van der Waals surface area contributed by atoms with Crippen molar-refractivity contribution in [1.82, 2.24) is 0 Å². The predicted octanol–water partition coefficient (Wildman–Crippen LogP) is 5.01. The molecule has 0 bridgehead atoms. The highest BCUT2D eigenvalue weighted by molar-refractivity contribution is 9.10. The lowest BCUT2D eigenvalue weighted by Gasteiger charge is -2.18. The molecule has 0 radical (unpaired) electrons. The third kappa shape index (κ3) is 3.34. The lowest BCUT2D eigenvalue weighted by molar-refractivity contribution is 0.749. The van der Waals surface area contributed by atoms with Crippen molar-refractivity contribution in [2.45, 2.75) is 19.4 Å². The van der Waals surface area contributed by atoms with E-state index in [0.717, 1.165) is 10.9 Å². The largest absolute Gasteiger partial charge is 0.378 e. The number of benzene rings is 2. The highest BCUT2D eigenvalue weighted by Gasteiger charge is 2.08. The molecule has 2 aromatic rings. The van der Waals surface area contributed by atoms with Crippen molar-refractivity contribution in [1.29, 1.82) is 0 Å². The van der Waals surface area contributed by atoms with E-state index >= 15 is 0 Å². The van der Waals surface area contributed by atoms with Gasteiger partial charge in [0.1, 0.15) is 0 Å². The topological polar surface area (TPSA) is 12.0 Å². The van der Waals surface area contributed by atoms with Crippen LogP contribution in [0.25, 0.3) is 0 Å². The summed E-state index contributed by atoms with van der Waals surface area (Å²) in [5, 5.41) is 3.55. The van der Waals surface area contributed by atoms with Crippen LogP contribution in [0.4, 0.5) is 5.69 Å². The van der Waals surface area contributed by atoms with Gasteiger partial charge < -0.3 is 5.32 Å². The summed E-state index contributed by atoms with van der Waals surface area (Å²) in [6.45, 7) is 2.20. The molecule has 2 heteroatoms. The molecule has 88 valence electrons. The molecular weight excluding hydrogens is 274 g/mol. The molecular formula is C15H16BrN. The van der Waals surface area contributed by atoms with Gasteiger partial charge in [-0.2, -0.15) is 0 Å². The monoisotopic (exact) mass is 289 g/mol. The summed E-state index contributed by atoms with van der Waals surface area (Å²) < 4.78 is 1.12. The zero-order valence-corrected chi connectivity index (χ0v) is 11.4. The second-order valence-corrected chi connectivity index (χ2v) is 4.94. The Labute approximate surface area is 111 Å². The summed E-state index contributed by atoms with van der Waals surface area (Å²) in [5.41, 5.74) is 2.49. The maximum Gasteiger partial charge on any atom is 0.0511 e. The van der Waals surface area contributed by atoms with Crippen LogP contribution < -0.4 is 5.32 Å². The number of para-hydroxylation sites is 1. The summed E-state index contributed by atoms with van der Waals surface area (Å²) in [6.07, 6.45) is 1.07. The maximum atomic E-state index is 3.55. The SMILES string of the molecule is CC[C@H](Nc1ccccc1)c1ccc(Br)cc1. The molecule has 0 aliphatic heterocycles. The first kappa shape index (κ1) is 12.2. The van der Waals surface area contributed by atoms with E-state index in [1.165, 1.54) is 11.3 Å². The number of rotatable bonds is 4. The summed E-state index contributed by atoms with van der Waals surface area (Å²) in [5.74, 6) is 0. The molecule has 0 heterocycles. The zero-order chi connectivity index (χ0) is 12.1. The van der Waals surface area contributed by atoms with Crippen LogP contribution in [-0.2, 0) is 0 Å². The average Bonchev–Trinajstić information content (AvgIpc) is 2.38. The van der Waals surface area contributed by atoms with Crippen LogP contribution in [0.3, 0.4) is 0 Å². The van der Waals surface area contributed by atoms with E-state index in [1.807, 2.05) is 6.07 Å². The van der Waals surface area contributed by atoms with Crippen LogP contribution in [0.2, 0.25) is 0 Å². The molecule has 0 unspecified atom stereocenters. The number of nitrogens with one attached hydrogen (secondary N) is 1. The fraction of sp³-hybridized carbons (Fsp3) is 0.200. The van der Waals surface area contributed by atoms with Crippen LogP contribution in [0.15, 0.2) is 59.1 Å². The molecule has 2 aromatic carbocycles. The van der Waals surface area contributed by atoms with Gasteiger partial charge in [-0.05, 0) is 36.2 Å². The smallest absolute Gasteiger partial charge is 0.0511 e. The number of hydrogen-bond acceptors (Lipinski definition) is 1. The fourth-order valence-electron chi connectivity index (χ4n) is 1.85. The van der Waals surface area contributed by atoms with Crippen LogP contribution >= 0.6 is 15.9 Å². The zero-order valence-electron chi connectivity index (χ0n) is 9.86. The first-order chi connectivity index (χ1) is 8.29. The van der Waals surface area contributed by atoms with Crippen LogP contribution in [0.5, 0.6) is 0 Å². The van der Waals surface area contributed by atoms with Crippen molar-refractivity contribution in [3.8, 4) is 0 Å². The van der Waals surface area contributed by atoms with E-state index in [1.54, 1.807) is 0 Å². The Bertz CT molecular complexity index is 450. The Morgan fingerprint density at radius 2 is 1.65 bits per heavy atom. The maximum absolute atomic E-state index is 3.55. The molecule has 0 aliphatic rings. The van der Waals surface area contributed by atoms with Crippen molar-refractivity contribution < 1.29 is 0 Å². The van der Waals surface area contributed by atoms with Gasteiger partial charge >= 0.3 is 0 Å². The van der Waals surface area contributed by atoms with E-state index in [2.05, 4.69) is 76.7 Å². The minimum absolute atomic E-state index is 0.366. The van der Waals surface area contributed by atoms with Gasteiger partial charge in [0.15, 0.2) is 0 Å². The first-order valence-corrected chi connectivity index (χ1v) is 6.66. The first-order valence-electron chi connectivity index (χ1n) is 5.86. The van der Waals surface area contributed by atoms with Crippen LogP contribution in [-0.4, -0.2) is 0 Å². The van der Waals surface area contributed by atoms with E-state index in [4.69, 9.17) is 0 Å². The van der Waals surface area contributed by atoms with Gasteiger partial charge in [-0.15, -0.1) is 0 Å². The molecule has 1 N–H and O–H groups in total. The highest BCUT2D eigenvalue weighted by atomic mass is 79.9. The van der Waals surface area contributed by atoms with E-state index < -0.39 is 0 Å². The third-order valence-electron chi connectivity index (χ3n) is 2.80. The molecule has 0 amide bonds. The third-order valence-corrected chi connectivity index (χ3v) is 3.32. The quantitative estimate of drug-likeness (QED) is 0.834. The van der Waals surface area contributed by atoms with Gasteiger partial charge in [-0.1, -0.05) is 53.2 Å². The number of halogens is 1. The normalized spacial score (nSPS) is 12.1. The summed E-state index contributed by atoms with van der Waals surface area (Å²) in [4.78, 5) is 0. The Kier molecular flexibility index (Phi) is 4.21. The fourth-order valence-corrected chi connectivity index (χ4v) is 2.12. The molecule has 17 heavy (non-hydrogen) atoms. The minimum Gasteiger partial charge on any atom is -0.378 e. The van der Waals surface area contributed by atoms with Crippen molar-refractivity contribution in [2.75, 3.05) is 5.32 Å². The Hall–Kier alpha value is -1.28. The highest BCUT2D eigenvalue weighted by Crippen LogP contribution is 2.23. The summed E-state index contributed by atoms with van der Waals surface area (Å²) in [7, 11) is 0. The number of hydrogen-bond donors (Lipinski definition) is 1. The van der Waals surface area contributed by atoms with E-state index in [9.17, 15) is 0 Å². The molecule has 0 aromatic heterocycles. The predicted molar refractivity (Wildman–Crippen MR) is 77.2 cm³/mol. The number of anilines is 1. The van der Waals surface area contributed by atoms with Gasteiger partial charge in [0.25, 0.3) is 0 Å². The Morgan fingerprint density at radius 1 is 1.00 bits per heavy atom. The Morgan fingerprint density at radius 3 is 2.24 bits per heavy atom. The van der Waals surface area contributed by atoms with Gasteiger partial charge in [0, 0.05) is 10.2 Å². The minimum atomic E-state index is 0.366. The summed E-state index contributed by atoms with van der Waals surface area (Å²) in [6, 6.07) is 19.2. The van der Waals surface area contributed by atoms with Gasteiger partial charge in [-0.3, -0.25) is 0 Å². The van der Waals surface area contributed by atoms with Crippen molar-refractivity contribution in [3.63, 3.8) is 0 Å². The van der Waals surface area contributed by atoms with Gasteiger partial charge in [-0.25, -0.2) is 0 Å². The van der Waals surface area contributed by atoms with Gasteiger partial charge in [0.2, 0.25) is 0 Å². The standard InChI is InChI=1S/C15H16BrN/c1-2-15(12-8-10-13(16)11-9-12)17-14-6-4-3-5-7-14/h3-11,15,17H,2H2,1H3/t15-/m0/s1. The lowest BCUT2D eigenvalue weighted by Crippen LogP contribution is -2.09. The average molecular weight is 290 g/mol. The van der Waals surface area contributed by atoms with Crippen molar-refractivity contribution in [3.05, 3.63) is 64.6 Å². The van der Waals surface area contributed by atoms with E-state index in [-0.39, 0.29) is 0 Å². The van der Waals surface area contributed by atoms with Crippen molar-refractivity contribution >= 4 is 21.6 Å². The molecule has 1 atom stereocenters. The molecule has 2 rings (SSSR count). The molecule has 0 aliphatic carbocycles. The van der Waals surface area contributed by atoms with Crippen molar-refractivity contribution in [2.24, 2.45) is 0 Å². The lowest BCUT2D eigenvalue weighted by atomic mass is 10.0. The molecule has 0 saturated heterocycles. The summed E-state index contributed by atoms with van der Waals surface area (Å²) >= 11 is 3.46. The van der Waals surface area contributed by atoms with Crippen LogP contribution in [0.1, 0.15) is 24.9 Å². The second kappa shape index (κ2) is 5.87. The molecule has 0 spiro atoms.